The Balaban J connectivity index is 1.76. The fourth-order valence-corrected chi connectivity index (χ4v) is 3.62. The van der Waals surface area contributed by atoms with Gasteiger partial charge in [-0.1, -0.05) is 6.92 Å². The van der Waals surface area contributed by atoms with Gasteiger partial charge in [0.25, 0.3) is 0 Å². The number of nitrogens with one attached hydrogen (secondary N) is 1. The van der Waals surface area contributed by atoms with Crippen LogP contribution in [0.25, 0.3) is 22.1 Å². The molecule has 3 aromatic heterocycles. The number of nitriles is 1. The lowest BCUT2D eigenvalue weighted by atomic mass is 9.93. The summed E-state index contributed by atoms with van der Waals surface area (Å²) in [7, 11) is 0. The summed E-state index contributed by atoms with van der Waals surface area (Å²) in [5, 5.41) is 9.84. The van der Waals surface area contributed by atoms with Crippen molar-refractivity contribution in [2.45, 2.75) is 25.8 Å². The third-order valence-corrected chi connectivity index (χ3v) is 4.99. The normalized spacial score (nSPS) is 21.2. The Labute approximate surface area is 138 Å². The van der Waals surface area contributed by atoms with Crippen molar-refractivity contribution in [2.75, 3.05) is 13.1 Å². The molecule has 1 aliphatic rings. The lowest BCUT2D eigenvalue weighted by Crippen LogP contribution is -2.43. The molecule has 1 N–H and O–H groups in total. The number of aromatic nitrogens is 4. The summed E-state index contributed by atoms with van der Waals surface area (Å²) in [6.07, 6.45) is 6.43. The molecule has 24 heavy (non-hydrogen) atoms. The maximum atomic E-state index is 12.1. The maximum absolute atomic E-state index is 12.1. The number of aromatic amines is 1. The van der Waals surface area contributed by atoms with Crippen molar-refractivity contribution in [2.24, 2.45) is 5.92 Å². The zero-order valence-corrected chi connectivity index (χ0v) is 13.4. The molecule has 1 saturated heterocycles. The average Bonchev–Trinajstić information content (AvgIpc) is 3.21. The van der Waals surface area contributed by atoms with Crippen LogP contribution in [-0.4, -0.2) is 43.4 Å². The second-order valence-electron chi connectivity index (χ2n) is 6.39. The Kier molecular flexibility index (Phi) is 3.45. The third kappa shape index (κ3) is 2.22. The fraction of sp³-hybridized carbons (Fsp3) is 0.412. The van der Waals surface area contributed by atoms with Crippen LogP contribution in [0, 0.1) is 17.2 Å². The predicted molar refractivity (Wildman–Crippen MR) is 89.0 cm³/mol. The summed E-state index contributed by atoms with van der Waals surface area (Å²) in [6.45, 7) is 3.57. The Morgan fingerprint density at radius 3 is 3.21 bits per heavy atom. The number of H-pyrrole nitrogens is 1. The van der Waals surface area contributed by atoms with E-state index < -0.39 is 0 Å². The van der Waals surface area contributed by atoms with Gasteiger partial charge in [-0.25, -0.2) is 9.97 Å². The van der Waals surface area contributed by atoms with Crippen LogP contribution in [0.4, 0.5) is 0 Å². The average molecular weight is 322 g/mol. The van der Waals surface area contributed by atoms with Crippen molar-refractivity contribution in [3.05, 3.63) is 24.8 Å². The van der Waals surface area contributed by atoms with Crippen molar-refractivity contribution in [3.63, 3.8) is 0 Å². The van der Waals surface area contributed by atoms with Crippen LogP contribution in [0.1, 0.15) is 25.8 Å². The van der Waals surface area contributed by atoms with E-state index >= 15 is 0 Å². The second-order valence-corrected chi connectivity index (χ2v) is 6.39. The van der Waals surface area contributed by atoms with Gasteiger partial charge in [0.15, 0.2) is 5.65 Å². The van der Waals surface area contributed by atoms with Crippen molar-refractivity contribution in [1.82, 2.24) is 24.4 Å². The van der Waals surface area contributed by atoms with Crippen LogP contribution in [-0.2, 0) is 4.79 Å². The van der Waals surface area contributed by atoms with Gasteiger partial charge in [-0.15, -0.1) is 0 Å². The van der Waals surface area contributed by atoms with Gasteiger partial charge in [-0.3, -0.25) is 4.79 Å². The number of rotatable bonds is 2. The molecule has 4 rings (SSSR count). The monoisotopic (exact) mass is 322 g/mol. The Hall–Kier alpha value is -2.88. The summed E-state index contributed by atoms with van der Waals surface area (Å²) < 4.78 is 2.23. The summed E-state index contributed by atoms with van der Waals surface area (Å²) in [5.74, 6) is 0.358. The highest BCUT2D eigenvalue weighted by Gasteiger charge is 2.30. The minimum atomic E-state index is -0.0841. The molecule has 2 atom stereocenters. The molecule has 122 valence electrons. The molecule has 3 aromatic rings. The zero-order chi connectivity index (χ0) is 16.7. The minimum absolute atomic E-state index is 0.0533. The smallest absolute Gasteiger partial charge is 0.236 e. The van der Waals surface area contributed by atoms with Gasteiger partial charge in [0, 0.05) is 30.9 Å². The summed E-state index contributed by atoms with van der Waals surface area (Å²) >= 11 is 0. The first kappa shape index (κ1) is 14.7. The van der Waals surface area contributed by atoms with Gasteiger partial charge in [0.1, 0.15) is 11.9 Å². The van der Waals surface area contributed by atoms with Crippen LogP contribution in [0.15, 0.2) is 24.8 Å². The van der Waals surface area contributed by atoms with Crippen molar-refractivity contribution in [1.29, 1.82) is 5.26 Å². The van der Waals surface area contributed by atoms with E-state index in [1.54, 1.807) is 6.33 Å². The topological polar surface area (TPSA) is 90.6 Å². The summed E-state index contributed by atoms with van der Waals surface area (Å²) in [6, 6.07) is 4.18. The van der Waals surface area contributed by atoms with E-state index in [9.17, 15) is 4.79 Å². The van der Waals surface area contributed by atoms with Gasteiger partial charge < -0.3 is 14.5 Å². The Bertz CT molecular complexity index is 949. The quantitative estimate of drug-likeness (QED) is 0.783. The number of piperidine rings is 1. The highest BCUT2D eigenvalue weighted by Crippen LogP contribution is 2.33. The Morgan fingerprint density at radius 2 is 2.38 bits per heavy atom. The molecule has 0 radical (unpaired) electrons. The molecular formula is C17H18N6O. The van der Waals surface area contributed by atoms with Crippen LogP contribution in [0.5, 0.6) is 0 Å². The van der Waals surface area contributed by atoms with E-state index in [0.29, 0.717) is 18.1 Å². The molecule has 0 aliphatic carbocycles. The molecular weight excluding hydrogens is 304 g/mol. The van der Waals surface area contributed by atoms with Gasteiger partial charge >= 0.3 is 0 Å². The molecule has 1 amide bonds. The molecule has 4 heterocycles. The Morgan fingerprint density at radius 1 is 1.50 bits per heavy atom. The first-order chi connectivity index (χ1) is 11.7. The van der Waals surface area contributed by atoms with E-state index in [0.717, 1.165) is 29.4 Å². The fourth-order valence-electron chi connectivity index (χ4n) is 3.62. The van der Waals surface area contributed by atoms with E-state index in [-0.39, 0.29) is 18.4 Å². The summed E-state index contributed by atoms with van der Waals surface area (Å²) in [5.41, 5.74) is 2.69. The number of hydrogen-bond donors (Lipinski definition) is 1. The third-order valence-electron chi connectivity index (χ3n) is 4.99. The van der Waals surface area contributed by atoms with Crippen LogP contribution in [0.2, 0.25) is 0 Å². The van der Waals surface area contributed by atoms with Gasteiger partial charge in [-0.05, 0) is 18.4 Å². The number of imidazole rings is 1. The minimum Gasteiger partial charge on any atom is -0.341 e. The molecule has 7 nitrogen and oxygen atoms in total. The molecule has 0 unspecified atom stereocenters. The van der Waals surface area contributed by atoms with Crippen LogP contribution in [0.3, 0.4) is 0 Å². The first-order valence-corrected chi connectivity index (χ1v) is 8.12. The van der Waals surface area contributed by atoms with Crippen LogP contribution < -0.4 is 0 Å². The first-order valence-electron chi connectivity index (χ1n) is 8.12. The number of pyridine rings is 1. The maximum Gasteiger partial charge on any atom is 0.236 e. The number of likely N-dealkylation sites (tertiary alicyclic amines) is 1. The second kappa shape index (κ2) is 5.64. The number of amides is 1. The van der Waals surface area contributed by atoms with E-state index in [4.69, 9.17) is 5.26 Å². The molecule has 1 aliphatic heterocycles. The standard InChI is InChI=1S/C17H18N6O/c1-11-3-6-22(14(24)2-5-18)9-13(11)23-7-4-12-8-19-17-15(16(12)23)20-10-21-17/h4,7-8,10-11,13H,2-3,6,9H2,1H3,(H,19,20,21)/t11-,13+/m1/s1. The molecule has 0 spiro atoms. The number of carbonyl (C=O) groups is 1. The molecule has 0 bridgehead atoms. The molecule has 0 saturated carbocycles. The number of hydrogen-bond acceptors (Lipinski definition) is 4. The predicted octanol–water partition coefficient (Wildman–Crippen LogP) is 2.24. The van der Waals surface area contributed by atoms with E-state index in [1.807, 2.05) is 23.2 Å². The van der Waals surface area contributed by atoms with Crippen LogP contribution >= 0.6 is 0 Å². The van der Waals surface area contributed by atoms with Gasteiger partial charge in [0.05, 0.1) is 24.0 Å². The summed E-state index contributed by atoms with van der Waals surface area (Å²) in [4.78, 5) is 25.7. The highest BCUT2D eigenvalue weighted by molar-refractivity contribution is 6.00. The van der Waals surface area contributed by atoms with E-state index in [1.165, 1.54) is 0 Å². The molecule has 0 aromatic carbocycles. The largest absolute Gasteiger partial charge is 0.341 e. The molecule has 1 fully saturated rings. The van der Waals surface area contributed by atoms with Gasteiger partial charge in [0.2, 0.25) is 5.91 Å². The number of carbonyl (C=O) groups excluding carboxylic acids is 1. The highest BCUT2D eigenvalue weighted by atomic mass is 16.2. The zero-order valence-electron chi connectivity index (χ0n) is 13.4. The number of nitrogens with zero attached hydrogens (tertiary/aromatic N) is 5. The van der Waals surface area contributed by atoms with Gasteiger partial charge in [-0.2, -0.15) is 5.26 Å². The van der Waals surface area contributed by atoms with Crippen molar-refractivity contribution in [3.8, 4) is 6.07 Å². The van der Waals surface area contributed by atoms with Crippen molar-refractivity contribution >= 4 is 28.0 Å². The van der Waals surface area contributed by atoms with Crippen molar-refractivity contribution < 1.29 is 4.79 Å². The SMILES string of the molecule is C[C@@H]1CCN(C(=O)CC#N)C[C@@H]1n1ccc2cnc3nc[nH]c3c21. The van der Waals surface area contributed by atoms with E-state index in [2.05, 4.69) is 32.6 Å². The lowest BCUT2D eigenvalue weighted by molar-refractivity contribution is -0.132. The molecule has 7 heteroatoms. The number of fused-ring (bicyclic) bond motifs is 3. The lowest BCUT2D eigenvalue weighted by Gasteiger charge is -2.38.